The van der Waals surface area contributed by atoms with Gasteiger partial charge < -0.3 is 10.1 Å². The first-order chi connectivity index (χ1) is 8.15. The number of hydrogen-bond donors (Lipinski definition) is 1. The zero-order valence-corrected chi connectivity index (χ0v) is 11.0. The first kappa shape index (κ1) is 14.2. The molecule has 1 unspecified atom stereocenters. The molecule has 0 aliphatic carbocycles. The van der Waals surface area contributed by atoms with Crippen LogP contribution in [0.2, 0.25) is 0 Å². The zero-order chi connectivity index (χ0) is 12.7. The molecule has 1 aliphatic rings. The van der Waals surface area contributed by atoms with Gasteiger partial charge in [0.2, 0.25) is 5.91 Å². The maximum Gasteiger partial charge on any atom is 0.237 e. The normalized spacial score (nSPS) is 21.2. The van der Waals surface area contributed by atoms with E-state index in [-0.39, 0.29) is 17.7 Å². The number of hydrogen-bond acceptors (Lipinski definition) is 3. The van der Waals surface area contributed by atoms with Crippen LogP contribution in [0, 0.1) is 0 Å². The fourth-order valence-corrected chi connectivity index (χ4v) is 2.41. The van der Waals surface area contributed by atoms with Crippen LogP contribution in [0.5, 0.6) is 0 Å². The Morgan fingerprint density at radius 3 is 2.71 bits per heavy atom. The molecule has 1 saturated heterocycles. The fourth-order valence-electron chi connectivity index (χ4n) is 2.41. The molecule has 1 heterocycles. The number of nitrogens with zero attached hydrogens (tertiary/aromatic N) is 1. The minimum atomic E-state index is 0.0473. The van der Waals surface area contributed by atoms with Crippen molar-refractivity contribution < 1.29 is 9.59 Å². The average Bonchev–Trinajstić information content (AvgIpc) is 2.34. The van der Waals surface area contributed by atoms with E-state index in [0.29, 0.717) is 6.42 Å². The van der Waals surface area contributed by atoms with Gasteiger partial charge in [-0.3, -0.25) is 9.69 Å². The van der Waals surface area contributed by atoms with Gasteiger partial charge in [0.1, 0.15) is 5.78 Å². The molecule has 1 N–H and O–H groups in total. The number of piperidine rings is 1. The molecule has 0 aromatic carbocycles. The highest BCUT2D eigenvalue weighted by Gasteiger charge is 2.27. The van der Waals surface area contributed by atoms with Crippen LogP contribution in [0.25, 0.3) is 0 Å². The van der Waals surface area contributed by atoms with Crippen molar-refractivity contribution in [2.75, 3.05) is 20.1 Å². The third-order valence-electron chi connectivity index (χ3n) is 3.39. The molecule has 0 bridgehead atoms. The molecule has 1 aliphatic heterocycles. The second kappa shape index (κ2) is 7.43. The lowest BCUT2D eigenvalue weighted by Gasteiger charge is -2.34. The Morgan fingerprint density at radius 2 is 2.06 bits per heavy atom. The van der Waals surface area contributed by atoms with Crippen LogP contribution in [-0.4, -0.2) is 42.8 Å². The molecule has 0 radical (unpaired) electrons. The lowest BCUT2D eigenvalue weighted by atomic mass is 10.0. The highest BCUT2D eigenvalue weighted by molar-refractivity contribution is 5.81. The number of Topliss-reactive ketones (excluding diaryl/α,β-unsaturated/α-hetero) is 1. The summed E-state index contributed by atoms with van der Waals surface area (Å²) in [7, 11) is 1.70. The van der Waals surface area contributed by atoms with E-state index in [1.54, 1.807) is 14.0 Å². The molecule has 17 heavy (non-hydrogen) atoms. The van der Waals surface area contributed by atoms with Crippen LogP contribution >= 0.6 is 0 Å². The summed E-state index contributed by atoms with van der Waals surface area (Å²) in [5, 5.41) is 2.74. The number of amides is 1. The first-order valence-corrected chi connectivity index (χ1v) is 6.60. The van der Waals surface area contributed by atoms with Crippen LogP contribution in [0.1, 0.15) is 45.4 Å². The molecule has 0 saturated carbocycles. The van der Waals surface area contributed by atoms with Gasteiger partial charge in [0.05, 0.1) is 6.04 Å². The molecule has 0 aromatic heterocycles. The van der Waals surface area contributed by atoms with Gasteiger partial charge in [-0.2, -0.15) is 0 Å². The lowest BCUT2D eigenvalue weighted by molar-refractivity contribution is -0.127. The van der Waals surface area contributed by atoms with Crippen LogP contribution < -0.4 is 5.32 Å². The number of carbonyl (C=O) groups excluding carboxylic acids is 2. The molecule has 0 aromatic rings. The van der Waals surface area contributed by atoms with Gasteiger partial charge in [-0.25, -0.2) is 0 Å². The van der Waals surface area contributed by atoms with E-state index in [0.717, 1.165) is 38.8 Å². The highest BCUT2D eigenvalue weighted by atomic mass is 16.2. The molecule has 1 atom stereocenters. The van der Waals surface area contributed by atoms with Crippen molar-refractivity contribution in [3.63, 3.8) is 0 Å². The van der Waals surface area contributed by atoms with E-state index in [4.69, 9.17) is 0 Å². The molecule has 4 heteroatoms. The summed E-state index contributed by atoms with van der Waals surface area (Å²) in [6.45, 7) is 3.58. The van der Waals surface area contributed by atoms with Gasteiger partial charge in [-0.05, 0) is 45.7 Å². The molecule has 1 rings (SSSR count). The van der Waals surface area contributed by atoms with Crippen molar-refractivity contribution in [3.8, 4) is 0 Å². The van der Waals surface area contributed by atoms with Crippen molar-refractivity contribution in [2.45, 2.75) is 51.5 Å². The van der Waals surface area contributed by atoms with Crippen molar-refractivity contribution >= 4 is 11.7 Å². The predicted octanol–water partition coefficient (Wildman–Crippen LogP) is 1.35. The number of ketones is 1. The molecule has 1 fully saturated rings. The SMILES string of the molecule is CNC(=O)C1CCCCN1CCCCC(C)=O. The van der Waals surface area contributed by atoms with Crippen LogP contribution in [-0.2, 0) is 9.59 Å². The van der Waals surface area contributed by atoms with Gasteiger partial charge in [0.15, 0.2) is 0 Å². The van der Waals surface area contributed by atoms with Gasteiger partial charge in [-0.1, -0.05) is 6.42 Å². The monoisotopic (exact) mass is 240 g/mol. The molecule has 98 valence electrons. The average molecular weight is 240 g/mol. The zero-order valence-electron chi connectivity index (χ0n) is 11.0. The van der Waals surface area contributed by atoms with Crippen LogP contribution in [0.15, 0.2) is 0 Å². The lowest BCUT2D eigenvalue weighted by Crippen LogP contribution is -2.48. The van der Waals surface area contributed by atoms with Gasteiger partial charge in [-0.15, -0.1) is 0 Å². The third-order valence-corrected chi connectivity index (χ3v) is 3.39. The molecular formula is C13H24N2O2. The number of likely N-dealkylation sites (N-methyl/N-ethyl adjacent to an activating group) is 1. The summed E-state index contributed by atoms with van der Waals surface area (Å²) in [6, 6.07) is 0.0473. The first-order valence-electron chi connectivity index (χ1n) is 6.60. The Morgan fingerprint density at radius 1 is 1.29 bits per heavy atom. The molecule has 4 nitrogen and oxygen atoms in total. The number of nitrogens with one attached hydrogen (secondary N) is 1. The van der Waals surface area contributed by atoms with Crippen molar-refractivity contribution in [2.24, 2.45) is 0 Å². The standard InChI is InChI=1S/C13H24N2O2/c1-11(16)7-3-5-9-15-10-6-4-8-12(15)13(17)14-2/h12H,3-10H2,1-2H3,(H,14,17). The van der Waals surface area contributed by atoms with Crippen molar-refractivity contribution in [1.82, 2.24) is 10.2 Å². The Labute approximate surface area is 104 Å². The number of likely N-dealkylation sites (tertiary alicyclic amines) is 1. The van der Waals surface area contributed by atoms with E-state index >= 15 is 0 Å². The number of carbonyl (C=O) groups is 2. The summed E-state index contributed by atoms with van der Waals surface area (Å²) in [5.41, 5.74) is 0. The van der Waals surface area contributed by atoms with E-state index in [9.17, 15) is 9.59 Å². The van der Waals surface area contributed by atoms with Gasteiger partial charge in [0.25, 0.3) is 0 Å². The van der Waals surface area contributed by atoms with Crippen molar-refractivity contribution in [3.05, 3.63) is 0 Å². The quantitative estimate of drug-likeness (QED) is 0.713. The van der Waals surface area contributed by atoms with E-state index in [1.807, 2.05) is 0 Å². The Bertz CT molecular complexity index is 266. The molecule has 1 amide bonds. The van der Waals surface area contributed by atoms with Crippen molar-refractivity contribution in [1.29, 1.82) is 0 Å². The number of rotatable bonds is 6. The Hall–Kier alpha value is -0.900. The van der Waals surface area contributed by atoms with E-state index in [2.05, 4.69) is 10.2 Å². The maximum absolute atomic E-state index is 11.7. The summed E-state index contributed by atoms with van der Waals surface area (Å²) in [5.74, 6) is 0.391. The molecule has 0 spiro atoms. The second-order valence-corrected chi connectivity index (χ2v) is 4.82. The highest BCUT2D eigenvalue weighted by Crippen LogP contribution is 2.17. The maximum atomic E-state index is 11.7. The Kier molecular flexibility index (Phi) is 6.19. The summed E-state index contributed by atoms with van der Waals surface area (Å²) in [6.07, 6.45) is 5.90. The fraction of sp³-hybridized carbons (Fsp3) is 0.846. The summed E-state index contributed by atoms with van der Waals surface area (Å²) < 4.78 is 0. The second-order valence-electron chi connectivity index (χ2n) is 4.82. The predicted molar refractivity (Wildman–Crippen MR) is 67.8 cm³/mol. The number of unbranched alkanes of at least 4 members (excludes halogenated alkanes) is 1. The summed E-state index contributed by atoms with van der Waals surface area (Å²) in [4.78, 5) is 24.8. The topological polar surface area (TPSA) is 49.4 Å². The minimum Gasteiger partial charge on any atom is -0.358 e. The van der Waals surface area contributed by atoms with E-state index in [1.165, 1.54) is 6.42 Å². The van der Waals surface area contributed by atoms with Crippen LogP contribution in [0.4, 0.5) is 0 Å². The van der Waals surface area contributed by atoms with Gasteiger partial charge >= 0.3 is 0 Å². The summed E-state index contributed by atoms with van der Waals surface area (Å²) >= 11 is 0. The minimum absolute atomic E-state index is 0.0473. The Balaban J connectivity index is 2.32. The van der Waals surface area contributed by atoms with Crippen LogP contribution in [0.3, 0.4) is 0 Å². The van der Waals surface area contributed by atoms with E-state index < -0.39 is 0 Å². The smallest absolute Gasteiger partial charge is 0.237 e. The largest absolute Gasteiger partial charge is 0.358 e. The molecular weight excluding hydrogens is 216 g/mol. The van der Waals surface area contributed by atoms with Gasteiger partial charge in [0, 0.05) is 13.5 Å². The third kappa shape index (κ3) is 4.86.